The van der Waals surface area contributed by atoms with Crippen LogP contribution >= 0.6 is 0 Å². The normalized spacial score (nSPS) is 10.9. The van der Waals surface area contributed by atoms with Gasteiger partial charge in [-0.3, -0.25) is 4.31 Å². The first kappa shape index (κ1) is 13.4. The fourth-order valence-corrected chi connectivity index (χ4v) is 3.03. The van der Waals surface area contributed by atoms with E-state index in [2.05, 4.69) is 6.58 Å². The second kappa shape index (κ2) is 5.71. The summed E-state index contributed by atoms with van der Waals surface area (Å²) in [6.07, 6.45) is 1.34. The van der Waals surface area contributed by atoms with Crippen molar-refractivity contribution in [3.05, 3.63) is 79.0 Å². The van der Waals surface area contributed by atoms with Gasteiger partial charge in [-0.05, 0) is 17.7 Å². The summed E-state index contributed by atoms with van der Waals surface area (Å²) in [7, 11) is -3.53. The van der Waals surface area contributed by atoms with E-state index in [1.807, 2.05) is 30.3 Å². The third-order valence-corrected chi connectivity index (χ3v) is 4.50. The van der Waals surface area contributed by atoms with Gasteiger partial charge in [-0.2, -0.15) is 0 Å². The Morgan fingerprint density at radius 2 is 1.47 bits per heavy atom. The number of hydrogen-bond acceptors (Lipinski definition) is 2. The average Bonchev–Trinajstić information content (AvgIpc) is 2.46. The highest BCUT2D eigenvalue weighted by molar-refractivity contribution is 7.89. The van der Waals surface area contributed by atoms with Crippen molar-refractivity contribution in [3.8, 4) is 0 Å². The van der Waals surface area contributed by atoms with Crippen molar-refractivity contribution in [1.82, 2.24) is 4.31 Å². The molecule has 0 heterocycles. The Kier molecular flexibility index (Phi) is 4.02. The van der Waals surface area contributed by atoms with E-state index in [9.17, 15) is 8.42 Å². The number of rotatable bonds is 5. The standard InChI is InChI=1S/C15H15NO2S/c1-2-16(13-14-9-5-3-6-10-14)19(17,18)15-11-7-4-8-12-15/h2-12H,1,13H2. The molecule has 0 aliphatic heterocycles. The van der Waals surface area contributed by atoms with Crippen molar-refractivity contribution in [1.29, 1.82) is 0 Å². The molecule has 0 bridgehead atoms. The van der Waals surface area contributed by atoms with Gasteiger partial charge in [0.1, 0.15) is 0 Å². The van der Waals surface area contributed by atoms with E-state index in [1.54, 1.807) is 30.3 Å². The first-order valence-electron chi connectivity index (χ1n) is 5.88. The molecule has 2 aromatic carbocycles. The molecule has 2 rings (SSSR count). The van der Waals surface area contributed by atoms with Gasteiger partial charge in [0.2, 0.25) is 0 Å². The van der Waals surface area contributed by atoms with Crippen molar-refractivity contribution in [2.75, 3.05) is 0 Å². The van der Waals surface area contributed by atoms with Crippen LogP contribution in [0.2, 0.25) is 0 Å². The maximum Gasteiger partial charge on any atom is 0.264 e. The summed E-state index contributed by atoms with van der Waals surface area (Å²) in [6.45, 7) is 3.88. The summed E-state index contributed by atoms with van der Waals surface area (Å²) in [5, 5.41) is 0. The Bertz CT molecular complexity index is 636. The summed E-state index contributed by atoms with van der Waals surface area (Å²) in [5.74, 6) is 0. The van der Waals surface area contributed by atoms with E-state index in [0.29, 0.717) is 0 Å². The summed E-state index contributed by atoms with van der Waals surface area (Å²) < 4.78 is 26.1. The molecular weight excluding hydrogens is 258 g/mol. The molecular formula is C15H15NO2S. The highest BCUT2D eigenvalue weighted by atomic mass is 32.2. The van der Waals surface area contributed by atoms with Gasteiger partial charge in [-0.15, -0.1) is 0 Å². The zero-order valence-corrected chi connectivity index (χ0v) is 11.3. The van der Waals surface area contributed by atoms with Gasteiger partial charge in [0.15, 0.2) is 0 Å². The number of nitrogens with zero attached hydrogens (tertiary/aromatic N) is 1. The molecule has 0 saturated heterocycles. The Hall–Kier alpha value is -2.07. The number of hydrogen-bond donors (Lipinski definition) is 0. The molecule has 3 nitrogen and oxygen atoms in total. The third kappa shape index (κ3) is 3.03. The first-order chi connectivity index (χ1) is 9.14. The van der Waals surface area contributed by atoms with Crippen LogP contribution < -0.4 is 0 Å². The minimum absolute atomic E-state index is 0.269. The molecule has 0 aliphatic rings. The van der Waals surface area contributed by atoms with Gasteiger partial charge in [-0.1, -0.05) is 55.1 Å². The zero-order valence-electron chi connectivity index (χ0n) is 10.4. The van der Waals surface area contributed by atoms with Gasteiger partial charge >= 0.3 is 0 Å². The second-order valence-corrected chi connectivity index (χ2v) is 5.92. The molecule has 0 aromatic heterocycles. The lowest BCUT2D eigenvalue weighted by Gasteiger charge is -2.20. The first-order valence-corrected chi connectivity index (χ1v) is 7.32. The van der Waals surface area contributed by atoms with E-state index in [1.165, 1.54) is 10.5 Å². The number of sulfonamides is 1. The summed E-state index contributed by atoms with van der Waals surface area (Å²) in [5.41, 5.74) is 0.918. The molecule has 0 radical (unpaired) electrons. The van der Waals surface area contributed by atoms with Crippen LogP contribution in [0, 0.1) is 0 Å². The molecule has 0 fully saturated rings. The number of benzene rings is 2. The lowest BCUT2D eigenvalue weighted by Crippen LogP contribution is -2.25. The van der Waals surface area contributed by atoms with Gasteiger partial charge in [0.25, 0.3) is 10.0 Å². The molecule has 0 N–H and O–H groups in total. The lowest BCUT2D eigenvalue weighted by molar-refractivity contribution is 0.496. The van der Waals surface area contributed by atoms with Crippen LogP contribution in [0.1, 0.15) is 5.56 Å². The fraction of sp³-hybridized carbons (Fsp3) is 0.0667. The highest BCUT2D eigenvalue weighted by Crippen LogP contribution is 2.18. The van der Waals surface area contributed by atoms with Crippen LogP contribution in [0.5, 0.6) is 0 Å². The topological polar surface area (TPSA) is 37.4 Å². The van der Waals surface area contributed by atoms with Crippen molar-refractivity contribution in [2.45, 2.75) is 11.4 Å². The molecule has 0 aliphatic carbocycles. The minimum Gasteiger partial charge on any atom is -0.270 e. The van der Waals surface area contributed by atoms with E-state index in [0.717, 1.165) is 5.56 Å². The predicted molar refractivity (Wildman–Crippen MR) is 75.8 cm³/mol. The minimum atomic E-state index is -3.53. The van der Waals surface area contributed by atoms with Gasteiger partial charge in [0.05, 0.1) is 11.4 Å². The molecule has 0 atom stereocenters. The van der Waals surface area contributed by atoms with Crippen LogP contribution in [0.25, 0.3) is 0 Å². The summed E-state index contributed by atoms with van der Waals surface area (Å²) >= 11 is 0. The predicted octanol–water partition coefficient (Wildman–Crippen LogP) is 3.02. The molecule has 0 spiro atoms. The van der Waals surface area contributed by atoms with Crippen LogP contribution in [0.15, 0.2) is 78.3 Å². The summed E-state index contributed by atoms with van der Waals surface area (Å²) in [4.78, 5) is 0.269. The van der Waals surface area contributed by atoms with Crippen LogP contribution in [-0.2, 0) is 16.6 Å². The van der Waals surface area contributed by atoms with Crippen molar-refractivity contribution < 1.29 is 8.42 Å². The van der Waals surface area contributed by atoms with E-state index < -0.39 is 10.0 Å². The Balaban J connectivity index is 2.30. The fourth-order valence-electron chi connectivity index (χ4n) is 1.74. The van der Waals surface area contributed by atoms with Crippen LogP contribution in [-0.4, -0.2) is 12.7 Å². The maximum atomic E-state index is 12.4. The van der Waals surface area contributed by atoms with E-state index in [-0.39, 0.29) is 11.4 Å². The van der Waals surface area contributed by atoms with Crippen molar-refractivity contribution in [3.63, 3.8) is 0 Å². The Morgan fingerprint density at radius 1 is 0.947 bits per heavy atom. The molecule has 4 heteroatoms. The summed E-state index contributed by atoms with van der Waals surface area (Å²) in [6, 6.07) is 17.8. The molecule has 2 aromatic rings. The smallest absolute Gasteiger partial charge is 0.264 e. The Morgan fingerprint density at radius 3 is 2.00 bits per heavy atom. The molecule has 0 unspecified atom stereocenters. The largest absolute Gasteiger partial charge is 0.270 e. The quantitative estimate of drug-likeness (QED) is 0.839. The van der Waals surface area contributed by atoms with Crippen LogP contribution in [0.3, 0.4) is 0 Å². The molecule has 0 amide bonds. The van der Waals surface area contributed by atoms with E-state index in [4.69, 9.17) is 0 Å². The van der Waals surface area contributed by atoms with E-state index >= 15 is 0 Å². The maximum absolute atomic E-state index is 12.4. The third-order valence-electron chi connectivity index (χ3n) is 2.73. The van der Waals surface area contributed by atoms with Gasteiger partial charge in [-0.25, -0.2) is 8.42 Å². The van der Waals surface area contributed by atoms with Gasteiger partial charge in [0, 0.05) is 6.20 Å². The zero-order chi connectivity index (χ0) is 13.7. The molecule has 98 valence electrons. The van der Waals surface area contributed by atoms with Crippen molar-refractivity contribution >= 4 is 10.0 Å². The lowest BCUT2D eigenvalue weighted by atomic mass is 10.2. The second-order valence-electron chi connectivity index (χ2n) is 4.03. The highest BCUT2D eigenvalue weighted by Gasteiger charge is 2.20. The Labute approximate surface area is 113 Å². The van der Waals surface area contributed by atoms with Crippen molar-refractivity contribution in [2.24, 2.45) is 0 Å². The van der Waals surface area contributed by atoms with Gasteiger partial charge < -0.3 is 0 Å². The molecule has 19 heavy (non-hydrogen) atoms. The van der Waals surface area contributed by atoms with Crippen LogP contribution in [0.4, 0.5) is 0 Å². The average molecular weight is 273 g/mol. The monoisotopic (exact) mass is 273 g/mol. The SMILES string of the molecule is C=CN(Cc1ccccc1)S(=O)(=O)c1ccccc1. The molecule has 0 saturated carbocycles.